The van der Waals surface area contributed by atoms with Crippen LogP contribution in [0, 0.1) is 0 Å². The lowest BCUT2D eigenvalue weighted by Crippen LogP contribution is -2.23. The molecule has 17 heavy (non-hydrogen) atoms. The molecule has 0 radical (unpaired) electrons. The quantitative estimate of drug-likeness (QED) is 0.793. The lowest BCUT2D eigenvalue weighted by atomic mass is 10.2. The molecule has 0 amide bonds. The van der Waals surface area contributed by atoms with Crippen molar-refractivity contribution in [2.24, 2.45) is 0 Å². The maximum Gasteiger partial charge on any atom is 0.235 e. The number of fused-ring (bicyclic) bond motifs is 1. The summed E-state index contributed by atoms with van der Waals surface area (Å²) in [5.74, 6) is 1.01. The Bertz CT molecular complexity index is 539. The summed E-state index contributed by atoms with van der Waals surface area (Å²) in [6, 6.07) is 3.07. The zero-order chi connectivity index (χ0) is 12.6. The molecule has 1 aromatic carbocycles. The maximum atomic E-state index is 11.7. The molecule has 1 aromatic rings. The second-order valence-corrected chi connectivity index (χ2v) is 6.23. The highest BCUT2D eigenvalue weighted by molar-refractivity contribution is 7.93. The molecule has 0 spiro atoms. The number of hydrogen-bond acceptors (Lipinski definition) is 5. The third kappa shape index (κ3) is 2.23. The van der Waals surface area contributed by atoms with Gasteiger partial charge in [-0.3, -0.25) is 4.72 Å². The first kappa shape index (κ1) is 11.8. The van der Waals surface area contributed by atoms with Gasteiger partial charge in [0.1, 0.15) is 0 Å². The SMILES string of the molecule is CC(C)S(=O)(=O)Nc1cc2c(cc1N)OCO2. The minimum absolute atomic E-state index is 0.120. The molecule has 0 atom stereocenters. The van der Waals surface area contributed by atoms with Gasteiger partial charge in [0, 0.05) is 12.1 Å². The van der Waals surface area contributed by atoms with E-state index in [2.05, 4.69) is 4.72 Å². The summed E-state index contributed by atoms with van der Waals surface area (Å²) < 4.78 is 36.1. The summed E-state index contributed by atoms with van der Waals surface area (Å²) in [6.07, 6.45) is 0. The Morgan fingerprint density at radius 2 is 1.88 bits per heavy atom. The zero-order valence-electron chi connectivity index (χ0n) is 9.56. The molecule has 94 valence electrons. The Balaban J connectivity index is 2.35. The van der Waals surface area contributed by atoms with Crippen LogP contribution >= 0.6 is 0 Å². The van der Waals surface area contributed by atoms with E-state index in [1.807, 2.05) is 0 Å². The van der Waals surface area contributed by atoms with Crippen LogP contribution < -0.4 is 19.9 Å². The molecule has 0 aliphatic carbocycles. The minimum atomic E-state index is -3.42. The van der Waals surface area contributed by atoms with Crippen LogP contribution in [0.25, 0.3) is 0 Å². The Hall–Kier alpha value is -1.63. The summed E-state index contributed by atoms with van der Waals surface area (Å²) in [5, 5.41) is -0.535. The minimum Gasteiger partial charge on any atom is -0.454 e. The zero-order valence-corrected chi connectivity index (χ0v) is 10.4. The fourth-order valence-electron chi connectivity index (χ4n) is 1.32. The summed E-state index contributed by atoms with van der Waals surface area (Å²) in [5.41, 5.74) is 6.35. The van der Waals surface area contributed by atoms with E-state index >= 15 is 0 Å². The van der Waals surface area contributed by atoms with E-state index in [9.17, 15) is 8.42 Å². The van der Waals surface area contributed by atoms with E-state index in [1.165, 1.54) is 6.07 Å². The second-order valence-electron chi connectivity index (χ2n) is 3.99. The average Bonchev–Trinajstić information content (AvgIpc) is 2.64. The fraction of sp³-hybridized carbons (Fsp3) is 0.400. The van der Waals surface area contributed by atoms with Gasteiger partial charge in [-0.1, -0.05) is 0 Å². The number of nitrogens with two attached hydrogens (primary N) is 1. The molecule has 0 fully saturated rings. The molecular formula is C10H14N2O4S. The van der Waals surface area contributed by atoms with Crippen molar-refractivity contribution in [2.75, 3.05) is 17.2 Å². The van der Waals surface area contributed by atoms with Crippen molar-refractivity contribution < 1.29 is 17.9 Å². The third-order valence-electron chi connectivity index (χ3n) is 2.42. The maximum absolute atomic E-state index is 11.7. The summed E-state index contributed by atoms with van der Waals surface area (Å²) in [6.45, 7) is 3.30. The average molecular weight is 258 g/mol. The van der Waals surface area contributed by atoms with Crippen molar-refractivity contribution in [3.8, 4) is 11.5 Å². The Morgan fingerprint density at radius 1 is 1.29 bits per heavy atom. The van der Waals surface area contributed by atoms with Gasteiger partial charge in [0.15, 0.2) is 11.5 Å². The van der Waals surface area contributed by atoms with Crippen LogP contribution in [-0.4, -0.2) is 20.5 Å². The van der Waals surface area contributed by atoms with Gasteiger partial charge in [0.25, 0.3) is 0 Å². The van der Waals surface area contributed by atoms with Crippen LogP contribution in [0.1, 0.15) is 13.8 Å². The van der Waals surface area contributed by atoms with Crippen LogP contribution in [0.5, 0.6) is 11.5 Å². The fourth-order valence-corrected chi connectivity index (χ4v) is 2.04. The number of anilines is 2. The van der Waals surface area contributed by atoms with Crippen molar-refractivity contribution in [3.05, 3.63) is 12.1 Å². The molecule has 0 aromatic heterocycles. The van der Waals surface area contributed by atoms with Crippen LogP contribution in [0.15, 0.2) is 12.1 Å². The Morgan fingerprint density at radius 3 is 2.47 bits per heavy atom. The van der Waals surface area contributed by atoms with E-state index in [0.29, 0.717) is 22.9 Å². The molecule has 6 nitrogen and oxygen atoms in total. The van der Waals surface area contributed by atoms with Crippen LogP contribution in [0.3, 0.4) is 0 Å². The summed E-state index contributed by atoms with van der Waals surface area (Å²) in [7, 11) is -3.42. The van der Waals surface area contributed by atoms with Crippen molar-refractivity contribution >= 4 is 21.4 Å². The van der Waals surface area contributed by atoms with Gasteiger partial charge in [-0.2, -0.15) is 0 Å². The van der Waals surface area contributed by atoms with Crippen LogP contribution in [0.4, 0.5) is 11.4 Å². The molecule has 3 N–H and O–H groups in total. The molecule has 7 heteroatoms. The van der Waals surface area contributed by atoms with Gasteiger partial charge in [0.2, 0.25) is 16.8 Å². The molecule has 0 bridgehead atoms. The predicted octanol–water partition coefficient (Wildman–Crippen LogP) is 1.15. The lowest BCUT2D eigenvalue weighted by Gasteiger charge is -2.13. The Labute approximate surface area is 99.8 Å². The number of rotatable bonds is 3. The molecular weight excluding hydrogens is 244 g/mol. The van der Waals surface area contributed by atoms with Crippen LogP contribution in [-0.2, 0) is 10.0 Å². The molecule has 1 aliphatic rings. The lowest BCUT2D eigenvalue weighted by molar-refractivity contribution is 0.174. The van der Waals surface area contributed by atoms with Gasteiger partial charge in [-0.05, 0) is 13.8 Å². The van der Waals surface area contributed by atoms with Gasteiger partial charge in [-0.25, -0.2) is 8.42 Å². The number of sulfonamides is 1. The van der Waals surface area contributed by atoms with Gasteiger partial charge in [-0.15, -0.1) is 0 Å². The topological polar surface area (TPSA) is 90.7 Å². The first-order chi connectivity index (χ1) is 7.90. The third-order valence-corrected chi connectivity index (χ3v) is 4.16. The van der Waals surface area contributed by atoms with Gasteiger partial charge < -0.3 is 15.2 Å². The number of ether oxygens (including phenoxy) is 2. The molecule has 2 rings (SSSR count). The van der Waals surface area contributed by atoms with Gasteiger partial charge >= 0.3 is 0 Å². The smallest absolute Gasteiger partial charge is 0.235 e. The molecule has 0 saturated carbocycles. The standard InChI is InChI=1S/C10H14N2O4S/c1-6(2)17(13,14)12-8-4-10-9(3-7(8)11)15-5-16-10/h3-4,6,12H,5,11H2,1-2H3. The van der Waals surface area contributed by atoms with Crippen molar-refractivity contribution in [3.63, 3.8) is 0 Å². The largest absolute Gasteiger partial charge is 0.454 e. The van der Waals surface area contributed by atoms with E-state index in [-0.39, 0.29) is 6.79 Å². The number of benzene rings is 1. The number of nitrogen functional groups attached to an aromatic ring is 1. The highest BCUT2D eigenvalue weighted by Crippen LogP contribution is 2.38. The first-order valence-corrected chi connectivity index (χ1v) is 6.65. The number of nitrogens with one attached hydrogen (secondary N) is 1. The Kier molecular flexibility index (Phi) is 2.78. The molecule has 1 aliphatic heterocycles. The van der Waals surface area contributed by atoms with E-state index in [4.69, 9.17) is 15.2 Å². The van der Waals surface area contributed by atoms with E-state index in [0.717, 1.165) is 0 Å². The van der Waals surface area contributed by atoms with Crippen LogP contribution in [0.2, 0.25) is 0 Å². The molecule has 0 saturated heterocycles. The predicted molar refractivity (Wildman–Crippen MR) is 64.7 cm³/mol. The highest BCUT2D eigenvalue weighted by Gasteiger charge is 2.21. The monoisotopic (exact) mass is 258 g/mol. The normalized spacial score (nSPS) is 14.1. The summed E-state index contributed by atoms with van der Waals surface area (Å²) in [4.78, 5) is 0. The van der Waals surface area contributed by atoms with Crippen molar-refractivity contribution in [1.29, 1.82) is 0 Å². The van der Waals surface area contributed by atoms with Crippen molar-refractivity contribution in [1.82, 2.24) is 0 Å². The van der Waals surface area contributed by atoms with E-state index < -0.39 is 15.3 Å². The molecule has 0 unspecified atom stereocenters. The van der Waals surface area contributed by atoms with Gasteiger partial charge in [0.05, 0.1) is 16.6 Å². The van der Waals surface area contributed by atoms with E-state index in [1.54, 1.807) is 19.9 Å². The first-order valence-electron chi connectivity index (χ1n) is 5.11. The summed E-state index contributed by atoms with van der Waals surface area (Å²) >= 11 is 0. The molecule has 1 heterocycles. The highest BCUT2D eigenvalue weighted by atomic mass is 32.2. The second kappa shape index (κ2) is 3.99. The number of hydrogen-bond donors (Lipinski definition) is 2. The van der Waals surface area contributed by atoms with Crippen molar-refractivity contribution in [2.45, 2.75) is 19.1 Å².